The molecule has 4 aromatic rings. The number of halogens is 2. The van der Waals surface area contributed by atoms with Gasteiger partial charge in [0.05, 0.1) is 11.8 Å². The first-order valence-corrected chi connectivity index (χ1v) is 9.08. The summed E-state index contributed by atoms with van der Waals surface area (Å²) in [5, 5.41) is 18.4. The van der Waals surface area contributed by atoms with Crippen LogP contribution in [0.1, 0.15) is 18.5 Å². The van der Waals surface area contributed by atoms with Gasteiger partial charge in [-0.2, -0.15) is 5.10 Å². The van der Waals surface area contributed by atoms with Crippen LogP contribution in [0.25, 0.3) is 22.0 Å². The number of alkyl halides is 2. The molecule has 0 aliphatic heterocycles. The van der Waals surface area contributed by atoms with Crippen LogP contribution in [-0.2, 0) is 11.2 Å². The van der Waals surface area contributed by atoms with Crippen LogP contribution in [-0.4, -0.2) is 38.2 Å². The van der Waals surface area contributed by atoms with Crippen molar-refractivity contribution in [2.24, 2.45) is 0 Å². The molecule has 5 rings (SSSR count). The van der Waals surface area contributed by atoms with E-state index in [1.54, 1.807) is 18.3 Å². The Morgan fingerprint density at radius 2 is 2.14 bits per heavy atom. The summed E-state index contributed by atoms with van der Waals surface area (Å²) < 4.78 is 31.1. The zero-order valence-electron chi connectivity index (χ0n) is 15.1. The molecule has 1 fully saturated rings. The molecule has 0 radical (unpaired) electrons. The molecular weight excluding hydrogens is 382 g/mol. The molecule has 0 unspecified atom stereocenters. The normalized spacial score (nSPS) is 16.1. The van der Waals surface area contributed by atoms with Crippen LogP contribution in [0.3, 0.4) is 0 Å². The molecule has 148 valence electrons. The highest BCUT2D eigenvalue weighted by molar-refractivity contribution is 5.91. The van der Waals surface area contributed by atoms with Gasteiger partial charge in [-0.15, -0.1) is 0 Å². The van der Waals surface area contributed by atoms with Crippen LogP contribution in [0.4, 0.5) is 20.3 Å². The number of hydrogen-bond donors (Lipinski definition) is 3. The summed E-state index contributed by atoms with van der Waals surface area (Å²) in [5.74, 6) is -2.39. The Balaban J connectivity index is 1.30. The predicted molar refractivity (Wildman–Crippen MR) is 101 cm³/mol. The van der Waals surface area contributed by atoms with Gasteiger partial charge in [0, 0.05) is 42.2 Å². The number of fused-ring (bicyclic) bond motifs is 2. The molecule has 0 atom stereocenters. The van der Waals surface area contributed by atoms with Gasteiger partial charge >= 0.3 is 0 Å². The number of anilines is 2. The largest absolute Gasteiger partial charge is 0.356 e. The minimum absolute atomic E-state index is 0.0302. The van der Waals surface area contributed by atoms with Gasteiger partial charge in [0.25, 0.3) is 5.92 Å². The van der Waals surface area contributed by atoms with Crippen LogP contribution in [0.5, 0.6) is 0 Å². The van der Waals surface area contributed by atoms with Crippen LogP contribution in [0.15, 0.2) is 41.1 Å². The van der Waals surface area contributed by atoms with Gasteiger partial charge in [0.15, 0.2) is 17.0 Å². The second-order valence-corrected chi connectivity index (χ2v) is 7.14. The first-order chi connectivity index (χ1) is 14.0. The lowest BCUT2D eigenvalue weighted by Crippen LogP contribution is -2.50. The number of nitrogens with one attached hydrogen (secondary N) is 3. The Labute approximate surface area is 162 Å². The van der Waals surface area contributed by atoms with Crippen molar-refractivity contribution in [3.05, 3.63) is 42.2 Å². The molecule has 3 heterocycles. The lowest BCUT2D eigenvalue weighted by Gasteiger charge is -2.35. The number of carbonyl (C=O) groups excluding carboxylic acids is 1. The van der Waals surface area contributed by atoms with Gasteiger partial charge in [-0.05, 0) is 24.3 Å². The molecule has 3 aromatic heterocycles. The van der Waals surface area contributed by atoms with Crippen molar-refractivity contribution >= 4 is 39.4 Å². The summed E-state index contributed by atoms with van der Waals surface area (Å²) in [6.07, 6.45) is 1.02. The van der Waals surface area contributed by atoms with Gasteiger partial charge in [-0.3, -0.25) is 9.89 Å². The molecule has 0 spiro atoms. The molecule has 1 aliphatic carbocycles. The van der Waals surface area contributed by atoms with Crippen LogP contribution in [0.2, 0.25) is 0 Å². The molecule has 0 bridgehead atoms. The first-order valence-electron chi connectivity index (χ1n) is 9.08. The second kappa shape index (κ2) is 6.50. The van der Waals surface area contributed by atoms with Crippen molar-refractivity contribution in [1.82, 2.24) is 25.7 Å². The molecule has 0 saturated heterocycles. The summed E-state index contributed by atoms with van der Waals surface area (Å²) in [7, 11) is 0. The number of rotatable bonds is 5. The van der Waals surface area contributed by atoms with E-state index in [2.05, 4.69) is 31.0 Å². The highest BCUT2D eigenvalue weighted by atomic mass is 19.3. The van der Waals surface area contributed by atoms with Gasteiger partial charge in [-0.1, -0.05) is 5.16 Å². The summed E-state index contributed by atoms with van der Waals surface area (Å²) >= 11 is 0. The van der Waals surface area contributed by atoms with E-state index >= 15 is 0 Å². The van der Waals surface area contributed by atoms with Crippen molar-refractivity contribution in [2.75, 3.05) is 5.32 Å². The van der Waals surface area contributed by atoms with E-state index in [1.165, 1.54) is 0 Å². The Bertz CT molecular complexity index is 1210. The van der Waals surface area contributed by atoms with E-state index in [0.717, 1.165) is 11.1 Å². The molecule has 10 heteroatoms. The van der Waals surface area contributed by atoms with E-state index in [4.69, 9.17) is 4.52 Å². The first kappa shape index (κ1) is 17.5. The minimum Gasteiger partial charge on any atom is -0.356 e. The monoisotopic (exact) mass is 398 g/mol. The molecule has 1 saturated carbocycles. The molecule has 1 aromatic carbocycles. The maximum atomic E-state index is 12.9. The number of carbonyl (C=O) groups is 1. The standard InChI is InChI=1S/C19H16F2N6O2/c20-19(21)8-11(9-19)23-16(28)7-14-12-4-3-10(6-15(12)29-27-14)24-18-13-2-1-5-22-17(13)25-26-18/h1-6,11H,7-9H2,(H,23,28)(H2,22,24,25,26). The number of hydrogen-bond acceptors (Lipinski definition) is 6. The van der Waals surface area contributed by atoms with E-state index in [0.29, 0.717) is 28.1 Å². The lowest BCUT2D eigenvalue weighted by atomic mass is 9.88. The van der Waals surface area contributed by atoms with Crippen molar-refractivity contribution in [3.8, 4) is 0 Å². The zero-order chi connectivity index (χ0) is 20.0. The molecule has 3 N–H and O–H groups in total. The van der Waals surface area contributed by atoms with E-state index in [9.17, 15) is 13.6 Å². The van der Waals surface area contributed by atoms with Gasteiger partial charge in [0.2, 0.25) is 5.91 Å². The number of nitrogens with zero attached hydrogens (tertiary/aromatic N) is 3. The zero-order valence-corrected chi connectivity index (χ0v) is 15.1. The Kier molecular flexibility index (Phi) is 3.93. The number of pyridine rings is 1. The molecule has 8 nitrogen and oxygen atoms in total. The van der Waals surface area contributed by atoms with Crippen LogP contribution >= 0.6 is 0 Å². The average molecular weight is 398 g/mol. The SMILES string of the molecule is O=C(Cc1noc2cc(Nc3n[nH]c4ncccc34)ccc12)NC1CC(F)(F)C1. The van der Waals surface area contributed by atoms with Crippen molar-refractivity contribution in [1.29, 1.82) is 0 Å². The second-order valence-electron chi connectivity index (χ2n) is 7.14. The Morgan fingerprint density at radius 1 is 1.28 bits per heavy atom. The number of H-pyrrole nitrogens is 1. The molecular formula is C19H16F2N6O2. The van der Waals surface area contributed by atoms with E-state index in [1.807, 2.05) is 18.2 Å². The van der Waals surface area contributed by atoms with Crippen molar-refractivity contribution in [3.63, 3.8) is 0 Å². The number of amides is 1. The quantitative estimate of drug-likeness (QED) is 0.476. The molecule has 1 aliphatic rings. The fourth-order valence-corrected chi connectivity index (χ4v) is 3.48. The molecule has 29 heavy (non-hydrogen) atoms. The van der Waals surface area contributed by atoms with Gasteiger partial charge in [-0.25, -0.2) is 13.8 Å². The summed E-state index contributed by atoms with van der Waals surface area (Å²) in [4.78, 5) is 16.3. The molecule has 1 amide bonds. The topological polar surface area (TPSA) is 109 Å². The maximum absolute atomic E-state index is 12.9. The maximum Gasteiger partial charge on any atom is 0.252 e. The predicted octanol–water partition coefficient (Wildman–Crippen LogP) is 3.30. The Hall–Kier alpha value is -3.56. The van der Waals surface area contributed by atoms with E-state index in [-0.39, 0.29) is 25.2 Å². The van der Waals surface area contributed by atoms with Crippen molar-refractivity contribution in [2.45, 2.75) is 31.2 Å². The minimum atomic E-state index is -2.67. The number of aromatic amines is 1. The van der Waals surface area contributed by atoms with Gasteiger partial charge in [0.1, 0.15) is 5.69 Å². The van der Waals surface area contributed by atoms with Gasteiger partial charge < -0.3 is 15.2 Å². The Morgan fingerprint density at radius 3 is 2.97 bits per heavy atom. The average Bonchev–Trinajstić information content (AvgIpc) is 3.25. The smallest absolute Gasteiger partial charge is 0.252 e. The third-order valence-electron chi connectivity index (χ3n) is 4.93. The fourth-order valence-electron chi connectivity index (χ4n) is 3.48. The highest BCUT2D eigenvalue weighted by Crippen LogP contribution is 2.37. The third kappa shape index (κ3) is 3.37. The summed E-state index contributed by atoms with van der Waals surface area (Å²) in [5.41, 5.74) is 2.38. The highest BCUT2D eigenvalue weighted by Gasteiger charge is 2.45. The van der Waals surface area contributed by atoms with Crippen LogP contribution in [0, 0.1) is 0 Å². The lowest BCUT2D eigenvalue weighted by molar-refractivity contribution is -0.128. The van der Waals surface area contributed by atoms with Crippen LogP contribution < -0.4 is 10.6 Å². The number of aromatic nitrogens is 4. The summed E-state index contributed by atoms with van der Waals surface area (Å²) in [6, 6.07) is 8.61. The number of benzene rings is 1. The summed E-state index contributed by atoms with van der Waals surface area (Å²) in [6.45, 7) is 0. The van der Waals surface area contributed by atoms with Crippen molar-refractivity contribution < 1.29 is 18.1 Å². The third-order valence-corrected chi connectivity index (χ3v) is 4.93. The fraction of sp³-hybridized carbons (Fsp3) is 0.263. The van der Waals surface area contributed by atoms with E-state index < -0.39 is 12.0 Å².